The maximum absolute atomic E-state index is 11.8. The topological polar surface area (TPSA) is 60.4 Å². The van der Waals surface area contributed by atoms with Crippen molar-refractivity contribution in [2.45, 2.75) is 51.9 Å². The Morgan fingerprint density at radius 1 is 1.06 bits per heavy atom. The zero-order chi connectivity index (χ0) is 12.7. The van der Waals surface area contributed by atoms with Crippen molar-refractivity contribution in [3.05, 3.63) is 0 Å². The van der Waals surface area contributed by atoms with Crippen molar-refractivity contribution in [3.63, 3.8) is 0 Å². The predicted octanol–water partition coefficient (Wildman–Crippen LogP) is 2.05. The van der Waals surface area contributed by atoms with E-state index in [1.165, 1.54) is 0 Å². The third-order valence-corrected chi connectivity index (χ3v) is 3.11. The average molecular weight is 240 g/mol. The second-order valence-corrected chi connectivity index (χ2v) is 4.43. The molecule has 0 N–H and O–H groups in total. The van der Waals surface area contributed by atoms with Crippen LogP contribution in [0.3, 0.4) is 0 Å². The number of esters is 1. The van der Waals surface area contributed by atoms with Gasteiger partial charge in [-0.05, 0) is 19.8 Å². The molecule has 0 aromatic heterocycles. The Hall–Kier alpha value is -1.19. The summed E-state index contributed by atoms with van der Waals surface area (Å²) < 4.78 is 4.72. The van der Waals surface area contributed by atoms with Gasteiger partial charge in [-0.1, -0.05) is 19.3 Å². The van der Waals surface area contributed by atoms with E-state index in [0.29, 0.717) is 6.61 Å². The maximum Gasteiger partial charge on any atom is 0.306 e. The molecule has 1 aliphatic carbocycles. The van der Waals surface area contributed by atoms with Crippen LogP contribution in [0.15, 0.2) is 0 Å². The SMILES string of the molecule is CCOC(=O)CCC(=O)C(=O)C1CCCCC1. The Balaban J connectivity index is 2.31. The molecule has 4 heteroatoms. The lowest BCUT2D eigenvalue weighted by molar-refractivity contribution is -0.145. The number of ketones is 2. The maximum atomic E-state index is 11.8. The summed E-state index contributed by atoms with van der Waals surface area (Å²) in [6.07, 6.45) is 4.87. The molecule has 17 heavy (non-hydrogen) atoms. The molecule has 4 nitrogen and oxygen atoms in total. The van der Waals surface area contributed by atoms with Crippen LogP contribution in [-0.4, -0.2) is 24.1 Å². The van der Waals surface area contributed by atoms with Gasteiger partial charge in [-0.25, -0.2) is 0 Å². The zero-order valence-electron chi connectivity index (χ0n) is 10.4. The van der Waals surface area contributed by atoms with Crippen molar-refractivity contribution in [2.75, 3.05) is 6.61 Å². The second kappa shape index (κ2) is 7.20. The quantitative estimate of drug-likeness (QED) is 0.526. The summed E-state index contributed by atoms with van der Waals surface area (Å²) in [5.41, 5.74) is 0. The predicted molar refractivity (Wildman–Crippen MR) is 62.5 cm³/mol. The van der Waals surface area contributed by atoms with Crippen LogP contribution in [0, 0.1) is 5.92 Å². The fourth-order valence-electron chi connectivity index (χ4n) is 2.16. The van der Waals surface area contributed by atoms with Gasteiger partial charge in [0.1, 0.15) is 0 Å². The summed E-state index contributed by atoms with van der Waals surface area (Å²) in [6.45, 7) is 2.02. The molecule has 0 radical (unpaired) electrons. The number of hydrogen-bond donors (Lipinski definition) is 0. The molecule has 1 fully saturated rings. The van der Waals surface area contributed by atoms with Crippen LogP contribution in [0.4, 0.5) is 0 Å². The van der Waals surface area contributed by atoms with E-state index in [-0.39, 0.29) is 24.5 Å². The Kier molecular flexibility index (Phi) is 5.87. The van der Waals surface area contributed by atoms with Gasteiger partial charge in [0.05, 0.1) is 13.0 Å². The van der Waals surface area contributed by atoms with E-state index in [1.807, 2.05) is 0 Å². The van der Waals surface area contributed by atoms with E-state index in [2.05, 4.69) is 0 Å². The standard InChI is InChI=1S/C13H20O4/c1-2-17-12(15)9-8-11(14)13(16)10-6-4-3-5-7-10/h10H,2-9H2,1H3. The van der Waals surface area contributed by atoms with Crippen LogP contribution in [0.25, 0.3) is 0 Å². The number of carbonyl (C=O) groups is 3. The summed E-state index contributed by atoms with van der Waals surface area (Å²) in [5, 5.41) is 0. The Morgan fingerprint density at radius 3 is 2.29 bits per heavy atom. The number of rotatable bonds is 6. The number of hydrogen-bond acceptors (Lipinski definition) is 4. The minimum atomic E-state index is -0.412. The highest BCUT2D eigenvalue weighted by Crippen LogP contribution is 2.24. The van der Waals surface area contributed by atoms with Gasteiger partial charge in [-0.2, -0.15) is 0 Å². The summed E-state index contributed by atoms with van der Waals surface area (Å²) in [7, 11) is 0. The van der Waals surface area contributed by atoms with Crippen LogP contribution in [0.5, 0.6) is 0 Å². The van der Waals surface area contributed by atoms with Gasteiger partial charge in [0.15, 0.2) is 5.78 Å². The molecule has 0 aromatic carbocycles. The number of ether oxygens (including phenoxy) is 1. The molecule has 0 saturated heterocycles. The lowest BCUT2D eigenvalue weighted by Crippen LogP contribution is -2.26. The molecule has 1 saturated carbocycles. The smallest absolute Gasteiger partial charge is 0.306 e. The van der Waals surface area contributed by atoms with Crippen molar-refractivity contribution >= 4 is 17.5 Å². The second-order valence-electron chi connectivity index (χ2n) is 4.43. The Labute approximate surface area is 102 Å². The Morgan fingerprint density at radius 2 is 1.71 bits per heavy atom. The van der Waals surface area contributed by atoms with Gasteiger partial charge < -0.3 is 4.74 Å². The zero-order valence-corrected chi connectivity index (χ0v) is 10.4. The lowest BCUT2D eigenvalue weighted by atomic mass is 9.84. The monoisotopic (exact) mass is 240 g/mol. The molecular weight excluding hydrogens is 220 g/mol. The molecule has 1 aliphatic rings. The summed E-state index contributed by atoms with van der Waals surface area (Å²) in [6, 6.07) is 0. The molecular formula is C13H20O4. The van der Waals surface area contributed by atoms with Crippen LogP contribution in [0.2, 0.25) is 0 Å². The van der Waals surface area contributed by atoms with E-state index < -0.39 is 11.8 Å². The Bertz CT molecular complexity index is 290. The highest BCUT2D eigenvalue weighted by atomic mass is 16.5. The highest BCUT2D eigenvalue weighted by Gasteiger charge is 2.26. The first-order chi connectivity index (χ1) is 8.15. The molecule has 0 bridgehead atoms. The fourth-order valence-corrected chi connectivity index (χ4v) is 2.16. The molecule has 0 aromatic rings. The first kappa shape index (κ1) is 13.9. The van der Waals surface area contributed by atoms with Gasteiger partial charge in [0.2, 0.25) is 5.78 Å². The largest absolute Gasteiger partial charge is 0.466 e. The number of Topliss-reactive ketones (excluding diaryl/α,β-unsaturated/α-hetero) is 2. The molecule has 96 valence electrons. The highest BCUT2D eigenvalue weighted by molar-refractivity contribution is 6.38. The lowest BCUT2D eigenvalue weighted by Gasteiger charge is -2.19. The van der Waals surface area contributed by atoms with Crippen LogP contribution in [-0.2, 0) is 19.1 Å². The van der Waals surface area contributed by atoms with Crippen molar-refractivity contribution in [3.8, 4) is 0 Å². The molecule has 0 amide bonds. The molecule has 0 aliphatic heterocycles. The van der Waals surface area contributed by atoms with E-state index in [1.54, 1.807) is 6.92 Å². The molecule has 0 atom stereocenters. The molecule has 1 rings (SSSR count). The molecule has 0 unspecified atom stereocenters. The summed E-state index contributed by atoms with van der Waals surface area (Å²) >= 11 is 0. The first-order valence-electron chi connectivity index (χ1n) is 6.37. The van der Waals surface area contributed by atoms with E-state index in [9.17, 15) is 14.4 Å². The van der Waals surface area contributed by atoms with Gasteiger partial charge >= 0.3 is 5.97 Å². The van der Waals surface area contributed by atoms with Gasteiger partial charge in [0.25, 0.3) is 0 Å². The van der Waals surface area contributed by atoms with Crippen molar-refractivity contribution in [1.82, 2.24) is 0 Å². The summed E-state index contributed by atoms with van der Waals surface area (Å²) in [5.74, 6) is -1.20. The van der Waals surface area contributed by atoms with Crippen LogP contribution >= 0.6 is 0 Å². The normalized spacial score (nSPS) is 16.5. The third-order valence-electron chi connectivity index (χ3n) is 3.11. The molecule has 0 heterocycles. The van der Waals surface area contributed by atoms with E-state index in [4.69, 9.17) is 4.74 Å². The minimum absolute atomic E-state index is 0.00579. The van der Waals surface area contributed by atoms with Gasteiger partial charge in [-0.3, -0.25) is 14.4 Å². The van der Waals surface area contributed by atoms with Crippen LogP contribution < -0.4 is 0 Å². The van der Waals surface area contributed by atoms with Gasteiger partial charge in [0, 0.05) is 12.3 Å². The van der Waals surface area contributed by atoms with E-state index in [0.717, 1.165) is 32.1 Å². The van der Waals surface area contributed by atoms with Gasteiger partial charge in [-0.15, -0.1) is 0 Å². The van der Waals surface area contributed by atoms with Crippen LogP contribution in [0.1, 0.15) is 51.9 Å². The first-order valence-corrected chi connectivity index (χ1v) is 6.37. The van der Waals surface area contributed by atoms with Crippen molar-refractivity contribution < 1.29 is 19.1 Å². The summed E-state index contributed by atoms with van der Waals surface area (Å²) in [4.78, 5) is 34.4. The van der Waals surface area contributed by atoms with Crippen molar-refractivity contribution in [1.29, 1.82) is 0 Å². The average Bonchev–Trinajstić information content (AvgIpc) is 2.36. The third kappa shape index (κ3) is 4.67. The van der Waals surface area contributed by atoms with Crippen molar-refractivity contribution in [2.24, 2.45) is 5.92 Å². The van der Waals surface area contributed by atoms with E-state index >= 15 is 0 Å². The minimum Gasteiger partial charge on any atom is -0.466 e. The molecule has 0 spiro atoms. The fraction of sp³-hybridized carbons (Fsp3) is 0.769. The number of carbonyl (C=O) groups excluding carboxylic acids is 3.